The number of nitrogens with zero attached hydrogens (tertiary/aromatic N) is 3. The number of aromatic amines is 1. The molecule has 0 spiro atoms. The van der Waals surface area contributed by atoms with Gasteiger partial charge in [-0.1, -0.05) is 30.3 Å². The van der Waals surface area contributed by atoms with Gasteiger partial charge >= 0.3 is 5.97 Å². The van der Waals surface area contributed by atoms with Gasteiger partial charge in [0.25, 0.3) is 0 Å². The molecule has 31 heavy (non-hydrogen) atoms. The molecule has 3 heterocycles. The van der Waals surface area contributed by atoms with E-state index >= 15 is 0 Å². The number of hydrogen-bond acceptors (Lipinski definition) is 5. The van der Waals surface area contributed by atoms with Crippen LogP contribution in [0.3, 0.4) is 0 Å². The second kappa shape index (κ2) is 8.59. The Kier molecular flexibility index (Phi) is 5.51. The number of ether oxygens (including phenoxy) is 1. The molecule has 2 N–H and O–H groups in total. The van der Waals surface area contributed by atoms with Crippen molar-refractivity contribution in [2.75, 3.05) is 37.7 Å². The van der Waals surface area contributed by atoms with Gasteiger partial charge in [-0.25, -0.2) is 4.79 Å². The summed E-state index contributed by atoms with van der Waals surface area (Å²) in [4.78, 5) is 16.6. The van der Waals surface area contributed by atoms with E-state index in [0.717, 1.165) is 48.3 Å². The van der Waals surface area contributed by atoms with Gasteiger partial charge in [-0.05, 0) is 56.1 Å². The van der Waals surface area contributed by atoms with Crippen molar-refractivity contribution >= 4 is 22.7 Å². The lowest BCUT2D eigenvalue weighted by Gasteiger charge is -2.25. The molecule has 0 amide bonds. The van der Waals surface area contributed by atoms with Crippen molar-refractivity contribution in [3.05, 3.63) is 54.1 Å². The topological polar surface area (TPSA) is 81.7 Å². The summed E-state index contributed by atoms with van der Waals surface area (Å²) in [5, 5.41) is 18.5. The molecule has 2 aliphatic rings. The second-order valence-corrected chi connectivity index (χ2v) is 8.43. The minimum atomic E-state index is -0.819. The number of rotatable bonds is 7. The van der Waals surface area contributed by atoms with Gasteiger partial charge < -0.3 is 14.7 Å². The summed E-state index contributed by atoms with van der Waals surface area (Å²) < 4.78 is 6.01. The lowest BCUT2D eigenvalue weighted by molar-refractivity contribution is -0.138. The highest BCUT2D eigenvalue weighted by molar-refractivity contribution is 5.93. The van der Waals surface area contributed by atoms with Crippen molar-refractivity contribution < 1.29 is 14.6 Å². The van der Waals surface area contributed by atoms with Gasteiger partial charge in [0.1, 0.15) is 18.4 Å². The summed E-state index contributed by atoms with van der Waals surface area (Å²) in [6, 6.07) is 15.1. The monoisotopic (exact) mass is 420 g/mol. The van der Waals surface area contributed by atoms with Crippen LogP contribution in [0.5, 0.6) is 5.75 Å². The number of aliphatic carboxylic acids is 1. The van der Waals surface area contributed by atoms with Gasteiger partial charge in [-0.2, -0.15) is 5.10 Å². The Hall–Kier alpha value is -3.06. The molecule has 3 aromatic rings. The van der Waals surface area contributed by atoms with Crippen LogP contribution in [0, 0.1) is 0 Å². The van der Waals surface area contributed by atoms with Crippen LogP contribution in [-0.4, -0.2) is 65.0 Å². The van der Waals surface area contributed by atoms with Crippen LogP contribution in [0.25, 0.3) is 10.9 Å². The maximum Gasteiger partial charge on any atom is 0.327 e. The Morgan fingerprint density at radius 2 is 1.94 bits per heavy atom. The van der Waals surface area contributed by atoms with E-state index in [0.29, 0.717) is 19.0 Å². The number of likely N-dealkylation sites (tertiary alicyclic amines) is 1. The minimum absolute atomic E-state index is 0.0645. The number of fused-ring (bicyclic) bond motifs is 1. The van der Waals surface area contributed by atoms with Crippen molar-refractivity contribution in [1.82, 2.24) is 15.1 Å². The summed E-state index contributed by atoms with van der Waals surface area (Å²) >= 11 is 0. The molecule has 162 valence electrons. The molecule has 0 radical (unpaired) electrons. The van der Waals surface area contributed by atoms with Crippen molar-refractivity contribution in [1.29, 1.82) is 0 Å². The van der Waals surface area contributed by atoms with Crippen LogP contribution in [0.2, 0.25) is 0 Å². The Labute approximate surface area is 181 Å². The Morgan fingerprint density at radius 1 is 1.13 bits per heavy atom. The molecule has 7 heteroatoms. The zero-order valence-electron chi connectivity index (χ0n) is 17.5. The third-order valence-electron chi connectivity index (χ3n) is 6.54. The Bertz CT molecular complexity index is 1050. The quantitative estimate of drug-likeness (QED) is 0.609. The van der Waals surface area contributed by atoms with Crippen LogP contribution < -0.4 is 9.64 Å². The van der Waals surface area contributed by atoms with E-state index in [1.807, 2.05) is 53.4 Å². The van der Waals surface area contributed by atoms with Gasteiger partial charge in [-0.15, -0.1) is 0 Å². The van der Waals surface area contributed by atoms with Gasteiger partial charge in [0, 0.05) is 24.4 Å². The Morgan fingerprint density at radius 3 is 2.71 bits per heavy atom. The fraction of sp³-hybridized carbons (Fsp3) is 0.417. The van der Waals surface area contributed by atoms with Crippen LogP contribution in [0.15, 0.2) is 48.5 Å². The first kappa shape index (κ1) is 19.9. The summed E-state index contributed by atoms with van der Waals surface area (Å²) in [6.07, 6.45) is 3.32. The van der Waals surface area contributed by atoms with Crippen LogP contribution in [0.4, 0.5) is 5.82 Å². The molecule has 2 atom stereocenters. The molecular formula is C24H28N4O3. The van der Waals surface area contributed by atoms with Crippen LogP contribution in [0.1, 0.15) is 30.7 Å². The number of carboxylic acids is 1. The van der Waals surface area contributed by atoms with Gasteiger partial charge in [-0.3, -0.25) is 10.00 Å². The number of H-pyrrole nitrogens is 1. The van der Waals surface area contributed by atoms with E-state index in [-0.39, 0.29) is 5.92 Å². The highest BCUT2D eigenvalue weighted by atomic mass is 16.5. The molecule has 7 nitrogen and oxygen atoms in total. The van der Waals surface area contributed by atoms with Gasteiger partial charge in [0.05, 0.1) is 5.52 Å². The third kappa shape index (κ3) is 3.97. The first-order valence-electron chi connectivity index (χ1n) is 11.1. The van der Waals surface area contributed by atoms with E-state index in [4.69, 9.17) is 4.74 Å². The number of aromatic nitrogens is 2. The lowest BCUT2D eigenvalue weighted by atomic mass is 9.92. The highest BCUT2D eigenvalue weighted by Crippen LogP contribution is 2.39. The zero-order chi connectivity index (χ0) is 21.2. The normalized spacial score (nSPS) is 21.7. The summed E-state index contributed by atoms with van der Waals surface area (Å²) in [5.74, 6) is 0.594. The molecule has 1 aromatic heterocycles. The zero-order valence-corrected chi connectivity index (χ0v) is 17.5. The number of hydrogen-bond donors (Lipinski definition) is 2. The standard InChI is InChI=1S/C24H28N4O3/c29-24(30)22-19(17-6-2-1-3-7-17)10-13-28(22)23-20-16-18(8-9-21(20)25-26-23)31-15-14-27-11-4-5-12-27/h1-3,6-9,16,19,22H,4-5,10-15H2,(H,25,26)(H,29,30)/t19?,22-/m0/s1. The van der Waals surface area contributed by atoms with Crippen LogP contribution in [-0.2, 0) is 4.79 Å². The van der Waals surface area contributed by atoms with Gasteiger partial charge in [0.2, 0.25) is 0 Å². The number of nitrogens with one attached hydrogen (secondary N) is 1. The predicted molar refractivity (Wildman–Crippen MR) is 120 cm³/mol. The first-order chi connectivity index (χ1) is 15.2. The van der Waals surface area contributed by atoms with Gasteiger partial charge in [0.15, 0.2) is 5.82 Å². The molecule has 0 aliphatic carbocycles. The molecule has 2 aromatic carbocycles. The SMILES string of the molecule is O=C(O)[C@@H]1C(c2ccccc2)CCN1c1n[nH]c2ccc(OCCN3CCCC3)cc12. The summed E-state index contributed by atoms with van der Waals surface area (Å²) in [5.41, 5.74) is 1.94. The molecule has 5 rings (SSSR count). The molecule has 2 aliphatic heterocycles. The van der Waals surface area contributed by atoms with E-state index < -0.39 is 12.0 Å². The smallest absolute Gasteiger partial charge is 0.327 e. The molecule has 1 unspecified atom stereocenters. The van der Waals surface area contributed by atoms with E-state index in [2.05, 4.69) is 15.1 Å². The van der Waals surface area contributed by atoms with Crippen LogP contribution >= 0.6 is 0 Å². The first-order valence-corrected chi connectivity index (χ1v) is 11.1. The van der Waals surface area contributed by atoms with E-state index in [1.54, 1.807) is 0 Å². The van der Waals surface area contributed by atoms with E-state index in [1.165, 1.54) is 12.8 Å². The molecular weight excluding hydrogens is 392 g/mol. The molecule has 0 bridgehead atoms. The minimum Gasteiger partial charge on any atom is -0.492 e. The molecule has 2 fully saturated rings. The maximum atomic E-state index is 12.3. The second-order valence-electron chi connectivity index (χ2n) is 8.43. The fourth-order valence-electron chi connectivity index (χ4n) is 4.97. The average molecular weight is 421 g/mol. The largest absolute Gasteiger partial charge is 0.492 e. The van der Waals surface area contributed by atoms with Crippen molar-refractivity contribution in [3.8, 4) is 5.75 Å². The van der Waals surface area contributed by atoms with Crippen molar-refractivity contribution in [2.24, 2.45) is 0 Å². The van der Waals surface area contributed by atoms with Crippen molar-refractivity contribution in [2.45, 2.75) is 31.2 Å². The summed E-state index contributed by atoms with van der Waals surface area (Å²) in [7, 11) is 0. The Balaban J connectivity index is 1.38. The molecule has 0 saturated carbocycles. The molecule has 2 saturated heterocycles. The predicted octanol–water partition coefficient (Wildman–Crippen LogP) is 3.48. The van der Waals surface area contributed by atoms with E-state index in [9.17, 15) is 9.90 Å². The number of carbonyl (C=O) groups is 1. The highest BCUT2D eigenvalue weighted by Gasteiger charge is 2.41. The number of carboxylic acid groups (broad SMARTS) is 1. The number of anilines is 1. The summed E-state index contributed by atoms with van der Waals surface area (Å²) in [6.45, 7) is 4.54. The number of benzene rings is 2. The lowest BCUT2D eigenvalue weighted by Crippen LogP contribution is -2.39. The maximum absolute atomic E-state index is 12.3. The fourth-order valence-corrected chi connectivity index (χ4v) is 4.97. The third-order valence-corrected chi connectivity index (χ3v) is 6.54. The van der Waals surface area contributed by atoms with Crippen molar-refractivity contribution in [3.63, 3.8) is 0 Å². The average Bonchev–Trinajstić information content (AvgIpc) is 3.53.